The molecule has 1 amide bonds. The van der Waals surface area contributed by atoms with Crippen LogP contribution in [-0.2, 0) is 14.3 Å². The van der Waals surface area contributed by atoms with Gasteiger partial charge in [-0.1, -0.05) is 12.1 Å². The van der Waals surface area contributed by atoms with Crippen LogP contribution in [0.15, 0.2) is 29.4 Å². The molecule has 1 aliphatic carbocycles. The van der Waals surface area contributed by atoms with Crippen LogP contribution in [0.1, 0.15) is 17.9 Å². The van der Waals surface area contributed by atoms with Gasteiger partial charge in [-0.15, -0.1) is 0 Å². The van der Waals surface area contributed by atoms with Crippen LogP contribution in [-0.4, -0.2) is 33.0 Å². The average molecular weight is 291 g/mol. The van der Waals surface area contributed by atoms with E-state index in [0.717, 1.165) is 12.0 Å². The second-order valence-corrected chi connectivity index (χ2v) is 4.71. The first kappa shape index (κ1) is 15.3. The molecule has 0 N–H and O–H groups in total. The molecule has 1 aliphatic rings. The van der Waals surface area contributed by atoms with Gasteiger partial charge in [0.2, 0.25) is 5.91 Å². The standard InChI is InChI=1S/C14H17N3O4/c1-19-6-7-20-9-21-11-4-2-10(3-5-11)12-8-13(12)14(18)16-17-15/h2-5,12-13H,6-9H2,1H3. The molecule has 1 fully saturated rings. The van der Waals surface area contributed by atoms with E-state index in [9.17, 15) is 4.79 Å². The summed E-state index contributed by atoms with van der Waals surface area (Å²) in [5.41, 5.74) is 9.29. The predicted octanol–water partition coefficient (Wildman–Crippen LogP) is 2.63. The normalized spacial score (nSPS) is 19.7. The first-order chi connectivity index (χ1) is 10.3. The van der Waals surface area contributed by atoms with Gasteiger partial charge in [0.05, 0.1) is 13.2 Å². The third kappa shape index (κ3) is 4.46. The predicted molar refractivity (Wildman–Crippen MR) is 74.8 cm³/mol. The number of methoxy groups -OCH3 is 1. The molecule has 0 saturated heterocycles. The van der Waals surface area contributed by atoms with Gasteiger partial charge in [0.25, 0.3) is 0 Å². The van der Waals surface area contributed by atoms with Gasteiger partial charge in [0, 0.05) is 17.9 Å². The second kappa shape index (κ2) is 7.64. The minimum atomic E-state index is -0.380. The van der Waals surface area contributed by atoms with Crippen molar-refractivity contribution in [1.29, 1.82) is 0 Å². The highest BCUT2D eigenvalue weighted by molar-refractivity contribution is 5.83. The number of nitrogens with zero attached hydrogens (tertiary/aromatic N) is 3. The van der Waals surface area contributed by atoms with E-state index in [2.05, 4.69) is 10.0 Å². The van der Waals surface area contributed by atoms with E-state index in [1.165, 1.54) is 0 Å². The molecule has 112 valence electrons. The molecular formula is C14H17N3O4. The maximum Gasteiger partial charge on any atom is 0.222 e. The van der Waals surface area contributed by atoms with Crippen LogP contribution in [0.2, 0.25) is 0 Å². The van der Waals surface area contributed by atoms with Crippen molar-refractivity contribution < 1.29 is 19.0 Å². The Balaban J connectivity index is 1.78. The number of hydrogen-bond donors (Lipinski definition) is 0. The number of carbonyl (C=O) groups excluding carboxylic acids is 1. The molecule has 1 saturated carbocycles. The lowest BCUT2D eigenvalue weighted by atomic mass is 10.1. The first-order valence-electron chi connectivity index (χ1n) is 6.64. The van der Waals surface area contributed by atoms with Gasteiger partial charge in [0.15, 0.2) is 6.79 Å². The van der Waals surface area contributed by atoms with E-state index in [1.807, 2.05) is 24.3 Å². The zero-order valence-corrected chi connectivity index (χ0v) is 11.8. The Morgan fingerprint density at radius 1 is 1.38 bits per heavy atom. The molecule has 21 heavy (non-hydrogen) atoms. The summed E-state index contributed by atoms with van der Waals surface area (Å²) in [4.78, 5) is 13.9. The zero-order chi connectivity index (χ0) is 15.1. The van der Waals surface area contributed by atoms with Crippen LogP contribution < -0.4 is 4.74 Å². The molecule has 0 heterocycles. The Labute approximate surface area is 122 Å². The molecule has 0 radical (unpaired) electrons. The van der Waals surface area contributed by atoms with Crippen molar-refractivity contribution in [2.75, 3.05) is 27.1 Å². The van der Waals surface area contributed by atoms with E-state index >= 15 is 0 Å². The molecule has 2 unspecified atom stereocenters. The van der Waals surface area contributed by atoms with Gasteiger partial charge >= 0.3 is 0 Å². The van der Waals surface area contributed by atoms with Gasteiger partial charge in [-0.25, -0.2) is 0 Å². The summed E-state index contributed by atoms with van der Waals surface area (Å²) >= 11 is 0. The summed E-state index contributed by atoms with van der Waals surface area (Å²) < 4.78 is 15.5. The van der Waals surface area contributed by atoms with E-state index in [4.69, 9.17) is 19.7 Å². The van der Waals surface area contributed by atoms with E-state index < -0.39 is 0 Å². The van der Waals surface area contributed by atoms with Crippen molar-refractivity contribution in [2.45, 2.75) is 12.3 Å². The fourth-order valence-electron chi connectivity index (χ4n) is 2.08. The van der Waals surface area contributed by atoms with Crippen molar-refractivity contribution >= 4 is 5.91 Å². The molecule has 0 aliphatic heterocycles. The SMILES string of the molecule is COCCOCOc1ccc(C2CC2C(=O)N=[N+]=[N-])cc1. The lowest BCUT2D eigenvalue weighted by molar-refractivity contribution is -0.119. The topological polar surface area (TPSA) is 93.5 Å². The van der Waals surface area contributed by atoms with Gasteiger partial charge < -0.3 is 14.2 Å². The van der Waals surface area contributed by atoms with Crippen LogP contribution in [0.4, 0.5) is 0 Å². The van der Waals surface area contributed by atoms with E-state index in [0.29, 0.717) is 19.0 Å². The lowest BCUT2D eigenvalue weighted by Gasteiger charge is -2.07. The Morgan fingerprint density at radius 3 is 2.81 bits per heavy atom. The summed E-state index contributed by atoms with van der Waals surface area (Å²) in [6.07, 6.45) is 0.734. The number of benzene rings is 1. The number of rotatable bonds is 8. The highest BCUT2D eigenvalue weighted by atomic mass is 16.7. The second-order valence-electron chi connectivity index (χ2n) is 4.71. The van der Waals surface area contributed by atoms with Crippen molar-refractivity contribution in [3.8, 4) is 5.75 Å². The molecule has 1 aromatic rings. The van der Waals surface area contributed by atoms with Gasteiger partial charge in [-0.05, 0) is 40.7 Å². The van der Waals surface area contributed by atoms with Gasteiger partial charge in [-0.3, -0.25) is 4.79 Å². The van der Waals surface area contributed by atoms with Crippen LogP contribution in [0.5, 0.6) is 5.75 Å². The van der Waals surface area contributed by atoms with Crippen LogP contribution in [0.25, 0.3) is 10.4 Å². The summed E-state index contributed by atoms with van der Waals surface area (Å²) in [5, 5.41) is 3.14. The van der Waals surface area contributed by atoms with Crippen molar-refractivity contribution in [1.82, 2.24) is 0 Å². The Bertz CT molecular complexity index is 526. The Morgan fingerprint density at radius 2 is 2.14 bits per heavy atom. The van der Waals surface area contributed by atoms with Gasteiger partial charge in [0.1, 0.15) is 5.75 Å². The number of hydrogen-bond acceptors (Lipinski definition) is 4. The molecule has 0 aromatic heterocycles. The highest BCUT2D eigenvalue weighted by Crippen LogP contribution is 2.48. The number of azide groups is 1. The van der Waals surface area contributed by atoms with E-state index in [-0.39, 0.29) is 24.5 Å². The quantitative estimate of drug-likeness (QED) is 0.242. The van der Waals surface area contributed by atoms with Crippen LogP contribution in [0.3, 0.4) is 0 Å². The zero-order valence-electron chi connectivity index (χ0n) is 11.8. The number of amides is 1. The molecular weight excluding hydrogens is 274 g/mol. The Kier molecular flexibility index (Phi) is 5.57. The average Bonchev–Trinajstić information content (AvgIpc) is 3.29. The molecule has 2 atom stereocenters. The van der Waals surface area contributed by atoms with E-state index in [1.54, 1.807) is 7.11 Å². The van der Waals surface area contributed by atoms with Gasteiger partial charge in [-0.2, -0.15) is 0 Å². The van der Waals surface area contributed by atoms with Crippen molar-refractivity contribution in [2.24, 2.45) is 11.0 Å². The molecule has 1 aromatic carbocycles. The molecule has 7 heteroatoms. The minimum Gasteiger partial charge on any atom is -0.468 e. The van der Waals surface area contributed by atoms with Crippen LogP contribution in [0, 0.1) is 5.92 Å². The molecule has 0 spiro atoms. The summed E-state index contributed by atoms with van der Waals surface area (Å²) in [7, 11) is 1.61. The summed E-state index contributed by atoms with van der Waals surface area (Å²) in [6, 6.07) is 7.50. The minimum absolute atomic E-state index is 0.148. The van der Waals surface area contributed by atoms with Crippen LogP contribution >= 0.6 is 0 Å². The number of carbonyl (C=O) groups is 1. The van der Waals surface area contributed by atoms with Crippen molar-refractivity contribution in [3.05, 3.63) is 40.3 Å². The highest BCUT2D eigenvalue weighted by Gasteiger charge is 2.43. The monoisotopic (exact) mass is 291 g/mol. The third-order valence-electron chi connectivity index (χ3n) is 3.30. The molecule has 2 rings (SSSR count). The number of ether oxygens (including phenoxy) is 3. The fourth-order valence-corrected chi connectivity index (χ4v) is 2.08. The van der Waals surface area contributed by atoms with Crippen molar-refractivity contribution in [3.63, 3.8) is 0 Å². The Hall–Kier alpha value is -2.08. The summed E-state index contributed by atoms with van der Waals surface area (Å²) in [6.45, 7) is 1.19. The lowest BCUT2D eigenvalue weighted by Crippen LogP contribution is -2.07. The smallest absolute Gasteiger partial charge is 0.222 e. The molecule has 7 nitrogen and oxygen atoms in total. The maximum absolute atomic E-state index is 11.4. The largest absolute Gasteiger partial charge is 0.468 e. The summed E-state index contributed by atoms with van der Waals surface area (Å²) in [5.74, 6) is 0.296. The fraction of sp³-hybridized carbons (Fsp3) is 0.500. The maximum atomic E-state index is 11.4. The first-order valence-corrected chi connectivity index (χ1v) is 6.64. The molecule has 0 bridgehead atoms. The third-order valence-corrected chi connectivity index (χ3v) is 3.30.